The maximum atomic E-state index is 13.0. The van der Waals surface area contributed by atoms with E-state index in [0.29, 0.717) is 11.8 Å². The first kappa shape index (κ1) is 15.4. The van der Waals surface area contributed by atoms with Gasteiger partial charge < -0.3 is 4.74 Å². The molecule has 0 spiro atoms. The van der Waals surface area contributed by atoms with Crippen molar-refractivity contribution in [3.05, 3.63) is 65.2 Å². The van der Waals surface area contributed by atoms with Crippen LogP contribution in [0, 0.1) is 11.6 Å². The van der Waals surface area contributed by atoms with Crippen molar-refractivity contribution < 1.29 is 23.1 Å². The maximum absolute atomic E-state index is 13.0. The first-order valence-corrected chi connectivity index (χ1v) is 6.20. The second-order valence-electron chi connectivity index (χ2n) is 4.29. The molecule has 0 aliphatic heterocycles. The van der Waals surface area contributed by atoms with Crippen LogP contribution in [0.2, 0.25) is 0 Å². The van der Waals surface area contributed by atoms with Crippen LogP contribution in [0.4, 0.5) is 8.78 Å². The minimum absolute atomic E-state index is 0.243. The van der Waals surface area contributed by atoms with Crippen molar-refractivity contribution in [2.45, 2.75) is 0 Å². The van der Waals surface area contributed by atoms with Gasteiger partial charge in [-0.15, -0.1) is 0 Å². The smallest absolute Gasteiger partial charge is 0.269 e. The minimum atomic E-state index is -0.883. The molecule has 0 radical (unpaired) electrons. The van der Waals surface area contributed by atoms with Gasteiger partial charge in [0.15, 0.2) is 0 Å². The number of halogens is 2. The third kappa shape index (κ3) is 3.78. The number of carbonyl (C=O) groups is 2. The van der Waals surface area contributed by atoms with E-state index in [-0.39, 0.29) is 11.1 Å². The first-order valence-electron chi connectivity index (χ1n) is 6.20. The molecule has 2 amide bonds. The standard InChI is InChI=1S/C15H12F2N2O3/c1-22-13-4-2-9(3-5-13)14(20)18-19-15(21)10-6-11(16)8-12(17)7-10/h2-8H,1H3,(H,18,20)(H,19,21). The lowest BCUT2D eigenvalue weighted by Crippen LogP contribution is -2.41. The van der Waals surface area contributed by atoms with E-state index in [4.69, 9.17) is 4.74 Å². The number of amides is 2. The molecule has 22 heavy (non-hydrogen) atoms. The lowest BCUT2D eigenvalue weighted by molar-refractivity contribution is 0.0846. The Morgan fingerprint density at radius 1 is 0.864 bits per heavy atom. The molecular formula is C15H12F2N2O3. The first-order chi connectivity index (χ1) is 10.5. The molecule has 0 atom stereocenters. The van der Waals surface area contributed by atoms with Gasteiger partial charge in [0.25, 0.3) is 11.8 Å². The molecule has 7 heteroatoms. The third-order valence-corrected chi connectivity index (χ3v) is 2.77. The van der Waals surface area contributed by atoms with E-state index < -0.39 is 23.4 Å². The van der Waals surface area contributed by atoms with Crippen molar-refractivity contribution in [1.82, 2.24) is 10.9 Å². The molecule has 2 N–H and O–H groups in total. The maximum Gasteiger partial charge on any atom is 0.269 e. The lowest BCUT2D eigenvalue weighted by atomic mass is 10.2. The number of ether oxygens (including phenoxy) is 1. The van der Waals surface area contributed by atoms with Crippen molar-refractivity contribution >= 4 is 11.8 Å². The molecule has 2 aromatic rings. The van der Waals surface area contributed by atoms with E-state index >= 15 is 0 Å². The van der Waals surface area contributed by atoms with Crippen molar-refractivity contribution in [3.63, 3.8) is 0 Å². The van der Waals surface area contributed by atoms with Crippen LogP contribution in [-0.4, -0.2) is 18.9 Å². The van der Waals surface area contributed by atoms with Gasteiger partial charge in [-0.25, -0.2) is 8.78 Å². The minimum Gasteiger partial charge on any atom is -0.497 e. The molecule has 0 aliphatic rings. The van der Waals surface area contributed by atoms with E-state index in [1.165, 1.54) is 19.2 Å². The third-order valence-electron chi connectivity index (χ3n) is 2.77. The molecule has 0 aliphatic carbocycles. The van der Waals surface area contributed by atoms with E-state index in [2.05, 4.69) is 10.9 Å². The number of hydrogen-bond acceptors (Lipinski definition) is 3. The molecule has 0 bridgehead atoms. The van der Waals surface area contributed by atoms with E-state index in [9.17, 15) is 18.4 Å². The predicted molar refractivity (Wildman–Crippen MR) is 74.3 cm³/mol. The molecule has 0 heterocycles. The zero-order valence-electron chi connectivity index (χ0n) is 11.5. The predicted octanol–water partition coefficient (Wildman–Crippen LogP) is 2.05. The summed E-state index contributed by atoms with van der Waals surface area (Å²) in [5.74, 6) is -2.60. The summed E-state index contributed by atoms with van der Waals surface area (Å²) >= 11 is 0. The summed E-state index contributed by atoms with van der Waals surface area (Å²) in [5.41, 5.74) is 4.27. The fraction of sp³-hybridized carbons (Fsp3) is 0.0667. The number of benzene rings is 2. The number of hydrazine groups is 1. The normalized spacial score (nSPS) is 9.95. The van der Waals surface area contributed by atoms with Crippen LogP contribution in [0.3, 0.4) is 0 Å². The fourth-order valence-corrected chi connectivity index (χ4v) is 1.69. The van der Waals surface area contributed by atoms with E-state index in [0.717, 1.165) is 12.1 Å². The van der Waals surface area contributed by atoms with Crippen LogP contribution >= 0.6 is 0 Å². The summed E-state index contributed by atoms with van der Waals surface area (Å²) in [4.78, 5) is 23.5. The van der Waals surface area contributed by atoms with Gasteiger partial charge >= 0.3 is 0 Å². The summed E-state index contributed by atoms with van der Waals surface area (Å²) in [6.45, 7) is 0. The summed E-state index contributed by atoms with van der Waals surface area (Å²) in [7, 11) is 1.49. The molecule has 0 fully saturated rings. The van der Waals surface area contributed by atoms with Crippen molar-refractivity contribution in [3.8, 4) is 5.75 Å². The Bertz CT molecular complexity index is 682. The Morgan fingerprint density at radius 3 is 1.86 bits per heavy atom. The zero-order valence-corrected chi connectivity index (χ0v) is 11.5. The molecule has 0 aromatic heterocycles. The Morgan fingerprint density at radius 2 is 1.36 bits per heavy atom. The van der Waals surface area contributed by atoms with Crippen molar-refractivity contribution in [2.24, 2.45) is 0 Å². The number of nitrogens with one attached hydrogen (secondary N) is 2. The summed E-state index contributed by atoms with van der Waals surface area (Å²) < 4.78 is 31.0. The molecular weight excluding hydrogens is 294 g/mol. The highest BCUT2D eigenvalue weighted by Crippen LogP contribution is 2.11. The molecule has 0 unspecified atom stereocenters. The average molecular weight is 306 g/mol. The van der Waals surface area contributed by atoms with Crippen LogP contribution in [0.15, 0.2) is 42.5 Å². The Kier molecular flexibility index (Phi) is 4.67. The number of methoxy groups -OCH3 is 1. The second kappa shape index (κ2) is 6.66. The average Bonchev–Trinajstić information content (AvgIpc) is 2.51. The fourth-order valence-electron chi connectivity index (χ4n) is 1.69. The van der Waals surface area contributed by atoms with Crippen LogP contribution in [0.1, 0.15) is 20.7 Å². The van der Waals surface area contributed by atoms with Gasteiger partial charge in [0, 0.05) is 17.2 Å². The van der Waals surface area contributed by atoms with Crippen LogP contribution in [0.5, 0.6) is 5.75 Å². The van der Waals surface area contributed by atoms with Crippen LogP contribution in [-0.2, 0) is 0 Å². The number of hydrogen-bond donors (Lipinski definition) is 2. The Hall–Kier alpha value is -2.96. The highest BCUT2D eigenvalue weighted by molar-refractivity contribution is 5.99. The number of rotatable bonds is 3. The Labute approximate surface area is 124 Å². The van der Waals surface area contributed by atoms with E-state index in [1.54, 1.807) is 12.1 Å². The summed E-state index contributed by atoms with van der Waals surface area (Å²) in [5, 5.41) is 0. The van der Waals surface area contributed by atoms with Gasteiger partial charge in [-0.1, -0.05) is 0 Å². The van der Waals surface area contributed by atoms with Gasteiger partial charge in [0.05, 0.1) is 7.11 Å². The highest BCUT2D eigenvalue weighted by Gasteiger charge is 2.11. The van der Waals surface area contributed by atoms with Gasteiger partial charge in [0.1, 0.15) is 17.4 Å². The van der Waals surface area contributed by atoms with Gasteiger partial charge in [-0.2, -0.15) is 0 Å². The van der Waals surface area contributed by atoms with Crippen LogP contribution < -0.4 is 15.6 Å². The molecule has 5 nitrogen and oxygen atoms in total. The molecule has 2 rings (SSSR count). The summed E-state index contributed by atoms with van der Waals surface area (Å²) in [6, 6.07) is 8.53. The molecule has 0 saturated heterocycles. The van der Waals surface area contributed by atoms with Gasteiger partial charge in [0.2, 0.25) is 0 Å². The van der Waals surface area contributed by atoms with Crippen molar-refractivity contribution in [2.75, 3.05) is 7.11 Å². The largest absolute Gasteiger partial charge is 0.497 e. The van der Waals surface area contributed by atoms with E-state index in [1.807, 2.05) is 0 Å². The molecule has 0 saturated carbocycles. The van der Waals surface area contributed by atoms with Gasteiger partial charge in [-0.3, -0.25) is 20.4 Å². The summed E-state index contributed by atoms with van der Waals surface area (Å²) in [6.07, 6.45) is 0. The monoisotopic (exact) mass is 306 g/mol. The highest BCUT2D eigenvalue weighted by atomic mass is 19.1. The van der Waals surface area contributed by atoms with Crippen molar-refractivity contribution in [1.29, 1.82) is 0 Å². The zero-order chi connectivity index (χ0) is 16.1. The second-order valence-corrected chi connectivity index (χ2v) is 4.29. The Balaban J connectivity index is 1.99. The quantitative estimate of drug-likeness (QED) is 0.853. The van der Waals surface area contributed by atoms with Gasteiger partial charge in [-0.05, 0) is 36.4 Å². The topological polar surface area (TPSA) is 67.4 Å². The number of carbonyl (C=O) groups excluding carboxylic acids is 2. The molecule has 2 aromatic carbocycles. The van der Waals surface area contributed by atoms with Crippen LogP contribution in [0.25, 0.3) is 0 Å². The lowest BCUT2D eigenvalue weighted by Gasteiger charge is -2.08. The SMILES string of the molecule is COc1ccc(C(=O)NNC(=O)c2cc(F)cc(F)c2)cc1. The molecule has 114 valence electrons.